The van der Waals surface area contributed by atoms with Gasteiger partial charge in [-0.1, -0.05) is 18.8 Å². The van der Waals surface area contributed by atoms with E-state index in [1.165, 1.54) is 18.2 Å². The molecule has 1 rings (SSSR count). The average molecular weight is 292 g/mol. The van der Waals surface area contributed by atoms with Gasteiger partial charge in [-0.2, -0.15) is 0 Å². The second-order valence-electron chi connectivity index (χ2n) is 4.62. The van der Waals surface area contributed by atoms with Gasteiger partial charge in [-0.25, -0.2) is 4.39 Å². The third kappa shape index (κ3) is 5.94. The number of nitrogens with zero attached hydrogens (tertiary/aromatic N) is 1. The summed E-state index contributed by atoms with van der Waals surface area (Å²) in [5.74, 6) is 4.71. The van der Waals surface area contributed by atoms with Crippen molar-refractivity contribution in [2.24, 2.45) is 0 Å². The van der Waals surface area contributed by atoms with Gasteiger partial charge >= 0.3 is 0 Å². The lowest BCUT2D eigenvalue weighted by atomic mass is 10.1. The number of benzene rings is 1. The van der Waals surface area contributed by atoms with Gasteiger partial charge in [0, 0.05) is 25.1 Å². The Morgan fingerprint density at radius 1 is 1.48 bits per heavy atom. The second-order valence-corrected chi connectivity index (χ2v) is 4.62. The van der Waals surface area contributed by atoms with Gasteiger partial charge in [0.1, 0.15) is 5.82 Å². The Kier molecular flexibility index (Phi) is 7.44. The van der Waals surface area contributed by atoms with Gasteiger partial charge in [0.25, 0.3) is 5.91 Å². The van der Waals surface area contributed by atoms with Crippen LogP contribution in [0.15, 0.2) is 18.2 Å². The lowest BCUT2D eigenvalue weighted by molar-refractivity contribution is 0.0949. The van der Waals surface area contributed by atoms with Crippen molar-refractivity contribution in [3.63, 3.8) is 0 Å². The summed E-state index contributed by atoms with van der Waals surface area (Å²) < 4.78 is 13.3. The van der Waals surface area contributed by atoms with E-state index in [-0.39, 0.29) is 18.1 Å². The fraction of sp³-hybridized carbons (Fsp3) is 0.438. The molecule has 0 aromatic heterocycles. The van der Waals surface area contributed by atoms with Crippen molar-refractivity contribution < 1.29 is 14.3 Å². The predicted molar refractivity (Wildman–Crippen MR) is 80.5 cm³/mol. The Bertz CT molecular complexity index is 535. The van der Waals surface area contributed by atoms with Crippen LogP contribution in [0.25, 0.3) is 0 Å². The van der Waals surface area contributed by atoms with Crippen LogP contribution in [0, 0.1) is 17.7 Å². The molecule has 2 N–H and O–H groups in total. The Hall–Kier alpha value is -1.90. The second kappa shape index (κ2) is 9.11. The number of carbonyl (C=O) groups excluding carboxylic acids is 1. The lowest BCUT2D eigenvalue weighted by Crippen LogP contribution is -2.33. The molecule has 0 saturated heterocycles. The van der Waals surface area contributed by atoms with Gasteiger partial charge in [-0.05, 0) is 31.8 Å². The van der Waals surface area contributed by atoms with E-state index in [2.05, 4.69) is 22.1 Å². The highest BCUT2D eigenvalue weighted by atomic mass is 19.1. The molecule has 0 bridgehead atoms. The number of nitrogens with one attached hydrogen (secondary N) is 1. The highest BCUT2D eigenvalue weighted by Gasteiger charge is 2.11. The van der Waals surface area contributed by atoms with Gasteiger partial charge < -0.3 is 15.3 Å². The predicted octanol–water partition coefficient (Wildman–Crippen LogP) is 1.24. The Labute approximate surface area is 125 Å². The summed E-state index contributed by atoms with van der Waals surface area (Å²) in [4.78, 5) is 14.2. The van der Waals surface area contributed by atoms with Crippen molar-refractivity contribution in [2.75, 3.05) is 33.3 Å². The maximum Gasteiger partial charge on any atom is 0.252 e. The summed E-state index contributed by atoms with van der Waals surface area (Å²) in [6, 6.07) is 3.93. The topological polar surface area (TPSA) is 52.6 Å². The Morgan fingerprint density at radius 2 is 2.24 bits per heavy atom. The minimum Gasteiger partial charge on any atom is -0.395 e. The normalized spacial score (nSPS) is 10.1. The summed E-state index contributed by atoms with van der Waals surface area (Å²) in [6.45, 7) is 4.10. The molecule has 0 atom stereocenters. The molecule has 0 radical (unpaired) electrons. The van der Waals surface area contributed by atoms with E-state index in [0.717, 1.165) is 13.1 Å². The van der Waals surface area contributed by atoms with E-state index >= 15 is 0 Å². The molecule has 0 spiro atoms. The summed E-state index contributed by atoms with van der Waals surface area (Å²) in [5.41, 5.74) is 0.686. The molecule has 114 valence electrons. The van der Waals surface area contributed by atoms with Gasteiger partial charge in [0.05, 0.1) is 12.2 Å². The molecule has 1 aromatic rings. The number of carbonyl (C=O) groups is 1. The van der Waals surface area contributed by atoms with Crippen molar-refractivity contribution in [1.82, 2.24) is 10.2 Å². The summed E-state index contributed by atoms with van der Waals surface area (Å²) in [6.07, 6.45) is 0.319. The molecule has 1 aromatic carbocycles. The highest BCUT2D eigenvalue weighted by molar-refractivity contribution is 5.96. The van der Waals surface area contributed by atoms with Gasteiger partial charge in [0.15, 0.2) is 0 Å². The number of rotatable bonds is 6. The zero-order valence-corrected chi connectivity index (χ0v) is 12.4. The molecular weight excluding hydrogens is 271 g/mol. The minimum absolute atomic E-state index is 0.0426. The number of aliphatic hydroxyl groups is 1. The first kappa shape index (κ1) is 17.2. The zero-order valence-electron chi connectivity index (χ0n) is 12.4. The van der Waals surface area contributed by atoms with Gasteiger partial charge in [-0.3, -0.25) is 4.79 Å². The largest absolute Gasteiger partial charge is 0.395 e. The first-order valence-electron chi connectivity index (χ1n) is 6.94. The first-order chi connectivity index (χ1) is 10.1. The molecule has 0 aliphatic carbocycles. The smallest absolute Gasteiger partial charge is 0.252 e. The van der Waals surface area contributed by atoms with Crippen LogP contribution in [0.1, 0.15) is 29.3 Å². The summed E-state index contributed by atoms with van der Waals surface area (Å²) in [5, 5.41) is 11.5. The molecule has 0 saturated carbocycles. The maximum atomic E-state index is 13.3. The Balaban J connectivity index is 2.78. The van der Waals surface area contributed by atoms with Crippen LogP contribution >= 0.6 is 0 Å². The van der Waals surface area contributed by atoms with Crippen molar-refractivity contribution in [3.05, 3.63) is 35.1 Å². The number of hydrogen-bond donors (Lipinski definition) is 2. The van der Waals surface area contributed by atoms with Gasteiger partial charge in [0.2, 0.25) is 0 Å². The number of hydrogen-bond acceptors (Lipinski definition) is 3. The molecule has 0 aliphatic heterocycles. The van der Waals surface area contributed by atoms with Crippen LogP contribution < -0.4 is 5.32 Å². The van der Waals surface area contributed by atoms with E-state index in [0.29, 0.717) is 18.5 Å². The third-order valence-electron chi connectivity index (χ3n) is 3.01. The molecule has 4 nitrogen and oxygen atoms in total. The SMILES string of the molecule is CCN(C)CCNC(=O)c1cc(F)ccc1C#CCCO. The molecule has 0 unspecified atom stereocenters. The van der Waals surface area contributed by atoms with Crippen LogP contribution in [-0.2, 0) is 0 Å². The van der Waals surface area contributed by atoms with Crippen molar-refractivity contribution >= 4 is 5.91 Å². The van der Waals surface area contributed by atoms with E-state index in [9.17, 15) is 9.18 Å². The zero-order chi connectivity index (χ0) is 15.7. The van der Waals surface area contributed by atoms with Crippen LogP contribution in [-0.4, -0.2) is 49.2 Å². The average Bonchev–Trinajstić information content (AvgIpc) is 2.48. The van der Waals surface area contributed by atoms with E-state index in [1.807, 2.05) is 14.0 Å². The molecule has 1 amide bonds. The molecule has 5 heteroatoms. The van der Waals surface area contributed by atoms with E-state index in [1.54, 1.807) is 0 Å². The fourth-order valence-electron chi connectivity index (χ4n) is 1.64. The first-order valence-corrected chi connectivity index (χ1v) is 6.94. The summed E-state index contributed by atoms with van der Waals surface area (Å²) >= 11 is 0. The Morgan fingerprint density at radius 3 is 2.90 bits per heavy atom. The highest BCUT2D eigenvalue weighted by Crippen LogP contribution is 2.10. The molecule has 0 fully saturated rings. The monoisotopic (exact) mass is 292 g/mol. The minimum atomic E-state index is -0.474. The fourth-order valence-corrected chi connectivity index (χ4v) is 1.64. The van der Waals surface area contributed by atoms with E-state index in [4.69, 9.17) is 5.11 Å². The quantitative estimate of drug-likeness (QED) is 0.776. The number of likely N-dealkylation sites (N-methyl/N-ethyl adjacent to an activating group) is 1. The molecule has 0 aliphatic rings. The number of amides is 1. The third-order valence-corrected chi connectivity index (χ3v) is 3.01. The number of halogens is 1. The van der Waals surface area contributed by atoms with E-state index < -0.39 is 5.82 Å². The molecular formula is C16H21FN2O2. The maximum absolute atomic E-state index is 13.3. The summed E-state index contributed by atoms with van der Waals surface area (Å²) in [7, 11) is 1.96. The van der Waals surface area contributed by atoms with Crippen LogP contribution in [0.3, 0.4) is 0 Å². The van der Waals surface area contributed by atoms with Crippen molar-refractivity contribution in [1.29, 1.82) is 0 Å². The van der Waals surface area contributed by atoms with Crippen molar-refractivity contribution in [3.8, 4) is 11.8 Å². The van der Waals surface area contributed by atoms with Crippen molar-refractivity contribution in [2.45, 2.75) is 13.3 Å². The van der Waals surface area contributed by atoms with Gasteiger partial charge in [-0.15, -0.1) is 0 Å². The standard InChI is InChI=1S/C16H21FN2O2/c1-3-19(2)10-9-18-16(21)15-12-14(17)8-7-13(15)6-4-5-11-20/h7-8,12,20H,3,5,9-11H2,1-2H3,(H,18,21). The number of aliphatic hydroxyl groups excluding tert-OH is 1. The van der Waals surface area contributed by atoms with Crippen LogP contribution in [0.4, 0.5) is 4.39 Å². The lowest BCUT2D eigenvalue weighted by Gasteiger charge is -2.14. The van der Waals surface area contributed by atoms with Crippen LogP contribution in [0.2, 0.25) is 0 Å². The van der Waals surface area contributed by atoms with Crippen LogP contribution in [0.5, 0.6) is 0 Å². The molecule has 21 heavy (non-hydrogen) atoms. The molecule has 0 heterocycles.